The van der Waals surface area contributed by atoms with E-state index in [-0.39, 0.29) is 39.0 Å². The Morgan fingerprint density at radius 2 is 0.524 bits per heavy atom. The fourth-order valence-corrected chi connectivity index (χ4v) is 5.35. The maximum atomic E-state index is 4.81. The van der Waals surface area contributed by atoms with Gasteiger partial charge in [-0.2, -0.15) is 9.80 Å². The van der Waals surface area contributed by atoms with Gasteiger partial charge < -0.3 is 37.9 Å². The van der Waals surface area contributed by atoms with Crippen LogP contribution in [-0.4, -0.2) is 112 Å². The van der Waals surface area contributed by atoms with Gasteiger partial charge in [-0.1, -0.05) is 69.2 Å². The summed E-state index contributed by atoms with van der Waals surface area (Å²) in [6.45, 7) is 30.6. The van der Waals surface area contributed by atoms with E-state index in [9.17, 15) is 0 Å². The molecule has 42 heavy (non-hydrogen) atoms. The number of hydrogen-bond donors (Lipinski definition) is 0. The Morgan fingerprint density at radius 3 is 0.524 bits per heavy atom. The number of thiol groups is 5. The smallest absolute Gasteiger partial charge is 0.680 e. The van der Waals surface area contributed by atoms with E-state index in [0.29, 0.717) is 13.0 Å². The number of rotatable bonds is 10. The Morgan fingerprint density at radius 1 is 0.405 bits per heavy atom. The second-order valence-electron chi connectivity index (χ2n) is 7.36. The first-order valence-electron chi connectivity index (χ1n) is 13.6. The van der Waals surface area contributed by atoms with Crippen LogP contribution in [0.4, 0.5) is 0 Å². The summed E-state index contributed by atoms with van der Waals surface area (Å²) in [6, 6.07) is 0. The van der Waals surface area contributed by atoms with Crippen LogP contribution in [-0.2, 0) is 163 Å². The van der Waals surface area contributed by atoms with E-state index in [1.807, 2.05) is 14.7 Å². The largest absolute Gasteiger partial charge is 2.00 e. The van der Waals surface area contributed by atoms with Crippen LogP contribution in [0.1, 0.15) is 69.2 Å². The van der Waals surface area contributed by atoms with Crippen molar-refractivity contribution in [2.75, 3.05) is 65.4 Å². The van der Waals surface area contributed by atoms with E-state index in [0.717, 1.165) is 74.1 Å². The van der Waals surface area contributed by atoms with Gasteiger partial charge in [0, 0.05) is 65.4 Å². The molecule has 17 heteroatoms. The zero-order valence-electron chi connectivity index (χ0n) is 27.0. The van der Waals surface area contributed by atoms with Crippen LogP contribution >= 0.6 is 0 Å². The molecule has 0 saturated carbocycles. The molecule has 1 radical (unpaired) electrons. The van der Waals surface area contributed by atoms with Crippen LogP contribution in [0.2, 0.25) is 0 Å². The van der Waals surface area contributed by atoms with E-state index in [4.69, 9.17) is 37.9 Å². The monoisotopic (exact) mass is 953 g/mol. The van der Waals surface area contributed by atoms with Gasteiger partial charge in [0.15, 0.2) is 0 Å². The van der Waals surface area contributed by atoms with Gasteiger partial charge in [-0.3, -0.25) is 14.7 Å². The first-order valence-corrected chi connectivity index (χ1v) is 18.0. The zero-order chi connectivity index (χ0) is 32.8. The van der Waals surface area contributed by atoms with Crippen LogP contribution in [0.15, 0.2) is 0 Å². The molecule has 0 bridgehead atoms. The van der Waals surface area contributed by atoms with Gasteiger partial charge in [0.05, 0.1) is 25.3 Å². The van der Waals surface area contributed by atoms with Crippen molar-refractivity contribution in [2.24, 2.45) is 0 Å². The van der Waals surface area contributed by atoms with Crippen molar-refractivity contribution in [3.63, 3.8) is 0 Å². The van der Waals surface area contributed by atoms with Gasteiger partial charge in [0.25, 0.3) is 0 Å². The van der Waals surface area contributed by atoms with Gasteiger partial charge in [-0.05, 0) is 0 Å². The van der Waals surface area contributed by atoms with Crippen molar-refractivity contribution in [3.8, 4) is 0 Å². The average molecular weight is 953 g/mol. The molecule has 0 aliphatic rings. The van der Waals surface area contributed by atoms with Crippen molar-refractivity contribution in [1.82, 2.24) is 24.5 Å². The van der Waals surface area contributed by atoms with Crippen LogP contribution in [0.5, 0.6) is 0 Å². The fraction of sp³-hybridized carbons (Fsp3) is 0.800. The standard InChI is InChI=1S/5C5H11NS2.2Ru/c5*1-3-6(4-2)5(7)8;;/h5*3-4H2,1-2H3,(H,7,8);;/q;;;;;+1;+2/p+4. The summed E-state index contributed by atoms with van der Waals surface area (Å²) < 4.78 is 3.89. The van der Waals surface area contributed by atoms with Gasteiger partial charge in [-0.25, -0.2) is 0 Å². The molecule has 0 N–H and O–H groups in total. The molecule has 0 fully saturated rings. The predicted molar refractivity (Wildman–Crippen MR) is 226 cm³/mol. The molecule has 0 spiro atoms. The summed E-state index contributed by atoms with van der Waals surface area (Å²) >= 11 is 41.3. The molecule has 0 saturated heterocycles. The molecule has 253 valence electrons. The van der Waals surface area contributed by atoms with E-state index < -0.39 is 0 Å². The fourth-order valence-electron chi connectivity index (χ4n) is 2.53. The summed E-state index contributed by atoms with van der Waals surface area (Å²) in [7, 11) is 0. The normalized spacial score (nSPS) is 9.52. The SMILES string of the molecule is CCN(CC)C(=[SH+])[SH2+].CCN(CC)C(=[SH+])[SH2+].CCN(CC)C([S-])=[SH+].CCN(CC)C([S-])=[SH+].CCN(CC)C([S-])=[SH+].[Ru+2].[Ru+]. The quantitative estimate of drug-likeness (QED) is 0.100. The third-order valence-corrected chi connectivity index (χ3v) is 8.05. The summed E-state index contributed by atoms with van der Waals surface area (Å²) in [5.74, 6) is 0. The molecule has 0 aromatic rings. The molecule has 0 aromatic heterocycles. The van der Waals surface area contributed by atoms with Crippen molar-refractivity contribution in [1.29, 1.82) is 0 Å². The molecule has 0 aliphatic carbocycles. The molecule has 0 aliphatic heterocycles. The molecule has 0 atom stereocenters. The minimum Gasteiger partial charge on any atom is -0.680 e. The Bertz CT molecular complexity index is 532. The van der Waals surface area contributed by atoms with E-state index in [1.165, 1.54) is 0 Å². The number of nitrogens with zero attached hydrogens (tertiary/aromatic N) is 5. The summed E-state index contributed by atoms with van der Waals surface area (Å²) in [6.07, 6.45) is 0. The summed E-state index contributed by atoms with van der Waals surface area (Å²) in [5, 5.41) is 0. The molecule has 5 nitrogen and oxygen atoms in total. The topological polar surface area (TPSA) is 16.2 Å². The molecular weight excluding hydrogens is 893 g/mol. The van der Waals surface area contributed by atoms with E-state index in [1.54, 1.807) is 0 Å². The van der Waals surface area contributed by atoms with Gasteiger partial charge in [-0.15, -0.1) is 0 Å². The molecule has 0 unspecified atom stereocenters. The molecular formula is C25H59N5Ru2S10+7. The molecule has 0 heterocycles. The maximum absolute atomic E-state index is 4.81. The predicted octanol–water partition coefficient (Wildman–Crippen LogP) is 0.133. The van der Waals surface area contributed by atoms with Gasteiger partial charge in [0.1, 0.15) is 49.6 Å². The van der Waals surface area contributed by atoms with Crippen molar-refractivity contribution in [3.05, 3.63) is 0 Å². The van der Waals surface area contributed by atoms with Crippen LogP contribution in [0, 0.1) is 0 Å². The molecule has 0 rings (SSSR count). The minimum atomic E-state index is 0. The van der Waals surface area contributed by atoms with Crippen molar-refractivity contribution < 1.29 is 39.0 Å². The van der Waals surface area contributed by atoms with Crippen LogP contribution < -0.4 is 0 Å². The summed E-state index contributed by atoms with van der Waals surface area (Å²) in [4.78, 5) is 10.3. The third kappa shape index (κ3) is 41.3. The second kappa shape index (κ2) is 44.2. The van der Waals surface area contributed by atoms with E-state index >= 15 is 0 Å². The van der Waals surface area contributed by atoms with Crippen molar-refractivity contribution in [2.45, 2.75) is 69.2 Å². The van der Waals surface area contributed by atoms with Crippen molar-refractivity contribution >= 4 is 146 Å². The molecule has 0 aromatic carbocycles. The number of hydrogen-bond acceptors (Lipinski definition) is 3. The first kappa shape index (κ1) is 60.6. The maximum Gasteiger partial charge on any atom is 2.00 e. The zero-order valence-corrected chi connectivity index (χ0v) is 39.4. The average Bonchev–Trinajstić information content (AvgIpc) is 2.88. The third-order valence-electron chi connectivity index (χ3n) is 5.23. The Balaban J connectivity index is -0.0000000721. The van der Waals surface area contributed by atoms with Crippen LogP contribution in [0.3, 0.4) is 0 Å². The van der Waals surface area contributed by atoms with Crippen LogP contribution in [0.25, 0.3) is 0 Å². The Labute approximate surface area is 340 Å². The van der Waals surface area contributed by atoms with Gasteiger partial charge >= 0.3 is 47.6 Å². The van der Waals surface area contributed by atoms with Gasteiger partial charge in [0.2, 0.25) is 24.4 Å². The Hall–Kier alpha value is 3.25. The summed E-state index contributed by atoms with van der Waals surface area (Å²) in [5.41, 5.74) is 0. The van der Waals surface area contributed by atoms with E-state index in [2.05, 4.69) is 165 Å². The first-order chi connectivity index (χ1) is 18.6. The molecule has 0 amide bonds. The Kier molecular flexibility index (Phi) is 63.8. The second-order valence-corrected chi connectivity index (χ2v) is 13.3. The minimum absolute atomic E-state index is 0.